The number of benzene rings is 1. The fraction of sp³-hybridized carbons (Fsp3) is 0.400. The van der Waals surface area contributed by atoms with Gasteiger partial charge in [0.2, 0.25) is 0 Å². The largest absolute Gasteiger partial charge is 0.377 e. The lowest BCUT2D eigenvalue weighted by Crippen LogP contribution is -2.28. The summed E-state index contributed by atoms with van der Waals surface area (Å²) in [6, 6.07) is 7.16. The molecule has 0 aromatic heterocycles. The van der Waals surface area contributed by atoms with Crippen molar-refractivity contribution in [2.45, 2.75) is 20.0 Å². The third-order valence-corrected chi connectivity index (χ3v) is 2.30. The predicted octanol–water partition coefficient (Wildman–Crippen LogP) is 1.15. The molecule has 0 heterocycles. The summed E-state index contributed by atoms with van der Waals surface area (Å²) in [7, 11) is 0. The molecule has 4 heteroatoms. The number of carbonyl (C=O) groups excluding carboxylic acids is 1. The smallest absolute Gasteiger partial charge is 0.251 e. The first-order valence-electron chi connectivity index (χ1n) is 6.32. The Hall–Kier alpha value is -1.83. The minimum atomic E-state index is -0.122. The zero-order valence-electron chi connectivity index (χ0n) is 11.4. The Labute approximate surface area is 114 Å². The van der Waals surface area contributed by atoms with Crippen LogP contribution in [0.15, 0.2) is 24.3 Å². The van der Waals surface area contributed by atoms with E-state index in [0.717, 1.165) is 5.56 Å². The van der Waals surface area contributed by atoms with Crippen LogP contribution >= 0.6 is 0 Å². The van der Waals surface area contributed by atoms with E-state index in [1.165, 1.54) is 0 Å². The quantitative estimate of drug-likeness (QED) is 0.616. The molecule has 19 heavy (non-hydrogen) atoms. The van der Waals surface area contributed by atoms with E-state index in [9.17, 15) is 4.79 Å². The van der Waals surface area contributed by atoms with Crippen LogP contribution in [0.3, 0.4) is 0 Å². The van der Waals surface area contributed by atoms with Crippen LogP contribution in [0.1, 0.15) is 29.8 Å². The summed E-state index contributed by atoms with van der Waals surface area (Å²) in [6.45, 7) is 5.23. The predicted molar refractivity (Wildman–Crippen MR) is 75.8 cm³/mol. The number of amides is 1. The Morgan fingerprint density at radius 3 is 2.95 bits per heavy atom. The number of hydrogen-bond acceptors (Lipinski definition) is 3. The minimum Gasteiger partial charge on any atom is -0.377 e. The maximum atomic E-state index is 11.9. The van der Waals surface area contributed by atoms with Crippen molar-refractivity contribution >= 4 is 5.91 Å². The summed E-state index contributed by atoms with van der Waals surface area (Å²) in [5, 5.41) is 2.80. The molecule has 0 aliphatic carbocycles. The average molecular weight is 260 g/mol. The van der Waals surface area contributed by atoms with Gasteiger partial charge in [0, 0.05) is 17.7 Å². The lowest BCUT2D eigenvalue weighted by molar-refractivity contribution is 0.0746. The van der Waals surface area contributed by atoms with Crippen LogP contribution in [0.4, 0.5) is 0 Å². The molecule has 1 amide bonds. The second-order valence-corrected chi connectivity index (χ2v) is 4.26. The highest BCUT2D eigenvalue weighted by molar-refractivity contribution is 5.94. The SMILES string of the molecule is CC(C)OCCNC(=O)c1cccc(C#CCN)c1. The summed E-state index contributed by atoms with van der Waals surface area (Å²) in [4.78, 5) is 11.9. The zero-order chi connectivity index (χ0) is 14.1. The van der Waals surface area contributed by atoms with Crippen LogP contribution in [-0.4, -0.2) is 31.7 Å². The number of ether oxygens (including phenoxy) is 1. The molecule has 0 spiro atoms. The lowest BCUT2D eigenvalue weighted by Gasteiger charge is -2.08. The summed E-state index contributed by atoms with van der Waals surface area (Å²) >= 11 is 0. The van der Waals surface area contributed by atoms with Gasteiger partial charge in [-0.3, -0.25) is 4.79 Å². The molecule has 0 bridgehead atoms. The number of nitrogens with two attached hydrogens (primary N) is 1. The van der Waals surface area contributed by atoms with Gasteiger partial charge < -0.3 is 15.8 Å². The monoisotopic (exact) mass is 260 g/mol. The Bertz CT molecular complexity index is 473. The molecule has 0 aliphatic heterocycles. The molecule has 1 rings (SSSR count). The van der Waals surface area contributed by atoms with Gasteiger partial charge in [-0.05, 0) is 32.0 Å². The molecule has 0 atom stereocenters. The van der Waals surface area contributed by atoms with Crippen molar-refractivity contribution < 1.29 is 9.53 Å². The Morgan fingerprint density at radius 2 is 2.26 bits per heavy atom. The second kappa shape index (κ2) is 8.30. The van der Waals surface area contributed by atoms with Crippen LogP contribution in [-0.2, 0) is 4.74 Å². The van der Waals surface area contributed by atoms with Crippen molar-refractivity contribution in [2.24, 2.45) is 5.73 Å². The van der Waals surface area contributed by atoms with Crippen LogP contribution < -0.4 is 11.1 Å². The standard InChI is InChI=1S/C15H20N2O2/c1-12(2)19-10-9-17-15(18)14-7-3-5-13(11-14)6-4-8-16/h3,5,7,11-12H,8-10,16H2,1-2H3,(H,17,18). The Morgan fingerprint density at radius 1 is 1.47 bits per heavy atom. The third kappa shape index (κ3) is 6.05. The summed E-state index contributed by atoms with van der Waals surface area (Å²) in [6.07, 6.45) is 0.173. The first-order chi connectivity index (χ1) is 9.13. The maximum Gasteiger partial charge on any atom is 0.251 e. The molecule has 0 aliphatic rings. The van der Waals surface area contributed by atoms with Gasteiger partial charge in [-0.25, -0.2) is 0 Å². The normalized spacial score (nSPS) is 9.89. The van der Waals surface area contributed by atoms with Crippen molar-refractivity contribution in [3.8, 4) is 11.8 Å². The molecular weight excluding hydrogens is 240 g/mol. The summed E-state index contributed by atoms with van der Waals surface area (Å²) < 4.78 is 5.35. The van der Waals surface area contributed by atoms with E-state index < -0.39 is 0 Å². The number of rotatable bonds is 5. The molecule has 1 aromatic carbocycles. The van der Waals surface area contributed by atoms with Crippen LogP contribution in [0.25, 0.3) is 0 Å². The number of carbonyl (C=O) groups is 1. The van der Waals surface area contributed by atoms with E-state index in [1.54, 1.807) is 18.2 Å². The fourth-order valence-corrected chi connectivity index (χ4v) is 1.45. The molecule has 3 N–H and O–H groups in total. The van der Waals surface area contributed by atoms with E-state index in [-0.39, 0.29) is 12.0 Å². The fourth-order valence-electron chi connectivity index (χ4n) is 1.45. The van der Waals surface area contributed by atoms with E-state index in [0.29, 0.717) is 25.3 Å². The number of hydrogen-bond donors (Lipinski definition) is 2. The van der Waals surface area contributed by atoms with Gasteiger partial charge in [0.25, 0.3) is 5.91 Å². The van der Waals surface area contributed by atoms with Gasteiger partial charge in [0.15, 0.2) is 0 Å². The van der Waals surface area contributed by atoms with Crippen molar-refractivity contribution in [3.63, 3.8) is 0 Å². The average Bonchev–Trinajstić information content (AvgIpc) is 2.41. The third-order valence-electron chi connectivity index (χ3n) is 2.30. The van der Waals surface area contributed by atoms with Crippen molar-refractivity contribution in [2.75, 3.05) is 19.7 Å². The molecule has 0 saturated carbocycles. The van der Waals surface area contributed by atoms with Gasteiger partial charge in [-0.1, -0.05) is 17.9 Å². The molecule has 0 unspecified atom stereocenters. The second-order valence-electron chi connectivity index (χ2n) is 4.26. The van der Waals surface area contributed by atoms with E-state index in [4.69, 9.17) is 10.5 Å². The van der Waals surface area contributed by atoms with Crippen LogP contribution in [0.2, 0.25) is 0 Å². The van der Waals surface area contributed by atoms with Crippen LogP contribution in [0.5, 0.6) is 0 Å². The van der Waals surface area contributed by atoms with Crippen molar-refractivity contribution in [3.05, 3.63) is 35.4 Å². The molecule has 102 valence electrons. The van der Waals surface area contributed by atoms with E-state index in [2.05, 4.69) is 17.2 Å². The van der Waals surface area contributed by atoms with Crippen LogP contribution in [0, 0.1) is 11.8 Å². The molecule has 4 nitrogen and oxygen atoms in total. The van der Waals surface area contributed by atoms with E-state index >= 15 is 0 Å². The van der Waals surface area contributed by atoms with Gasteiger partial charge >= 0.3 is 0 Å². The number of nitrogens with one attached hydrogen (secondary N) is 1. The van der Waals surface area contributed by atoms with Gasteiger partial charge in [0.1, 0.15) is 0 Å². The highest BCUT2D eigenvalue weighted by atomic mass is 16.5. The van der Waals surface area contributed by atoms with Gasteiger partial charge in [-0.15, -0.1) is 0 Å². The highest BCUT2D eigenvalue weighted by Gasteiger charge is 2.05. The topological polar surface area (TPSA) is 64.3 Å². The summed E-state index contributed by atoms with van der Waals surface area (Å²) in [5.41, 5.74) is 6.69. The van der Waals surface area contributed by atoms with Crippen molar-refractivity contribution in [1.82, 2.24) is 5.32 Å². The van der Waals surface area contributed by atoms with E-state index in [1.807, 2.05) is 19.9 Å². The molecule has 0 radical (unpaired) electrons. The first kappa shape index (κ1) is 15.2. The Kier molecular flexibility index (Phi) is 6.65. The molecule has 0 saturated heterocycles. The Balaban J connectivity index is 2.52. The highest BCUT2D eigenvalue weighted by Crippen LogP contribution is 2.03. The lowest BCUT2D eigenvalue weighted by atomic mass is 10.1. The van der Waals surface area contributed by atoms with Gasteiger partial charge in [-0.2, -0.15) is 0 Å². The molecular formula is C15H20N2O2. The molecule has 1 aromatic rings. The van der Waals surface area contributed by atoms with Crippen molar-refractivity contribution in [1.29, 1.82) is 0 Å². The zero-order valence-corrected chi connectivity index (χ0v) is 11.4. The van der Waals surface area contributed by atoms with Gasteiger partial charge in [0.05, 0.1) is 19.3 Å². The first-order valence-corrected chi connectivity index (χ1v) is 6.32. The summed E-state index contributed by atoms with van der Waals surface area (Å²) in [5.74, 6) is 5.54. The maximum absolute atomic E-state index is 11.9. The minimum absolute atomic E-state index is 0.122. The molecule has 0 fully saturated rings.